The first-order valence-electron chi connectivity index (χ1n) is 8.35. The second kappa shape index (κ2) is 9.17. The number of nitrogens with zero attached hydrogens (tertiary/aromatic N) is 3. The van der Waals surface area contributed by atoms with Crippen LogP contribution in [0.25, 0.3) is 0 Å². The van der Waals surface area contributed by atoms with Crippen LogP contribution in [0, 0.1) is 13.8 Å². The molecule has 0 saturated carbocycles. The van der Waals surface area contributed by atoms with Crippen molar-refractivity contribution in [2.24, 2.45) is 0 Å². The number of benzene rings is 1. The molecule has 2 rings (SSSR count). The number of rotatable bonds is 7. The molecule has 0 radical (unpaired) electrons. The zero-order valence-electron chi connectivity index (χ0n) is 15.3. The van der Waals surface area contributed by atoms with Gasteiger partial charge in [0, 0.05) is 11.6 Å². The molecule has 0 spiro atoms. The van der Waals surface area contributed by atoms with E-state index in [4.69, 9.17) is 23.8 Å². The summed E-state index contributed by atoms with van der Waals surface area (Å²) >= 11 is 11.5. The second-order valence-electron chi connectivity index (χ2n) is 6.37. The van der Waals surface area contributed by atoms with Crippen molar-refractivity contribution in [2.75, 3.05) is 32.5 Å². The van der Waals surface area contributed by atoms with Gasteiger partial charge in [0.1, 0.15) is 0 Å². The molecular weight excluding hydrogens is 354 g/mol. The van der Waals surface area contributed by atoms with Crippen molar-refractivity contribution in [3.8, 4) is 0 Å². The van der Waals surface area contributed by atoms with Gasteiger partial charge in [-0.1, -0.05) is 23.7 Å². The normalized spacial score (nSPS) is 11.0. The largest absolute Gasteiger partial charge is 0.362 e. The highest BCUT2D eigenvalue weighted by atomic mass is 35.5. The number of nitrogens with one attached hydrogen (secondary N) is 2. The molecule has 0 fully saturated rings. The summed E-state index contributed by atoms with van der Waals surface area (Å²) in [6, 6.07) is 7.84. The molecular formula is C18H26ClN5S. The van der Waals surface area contributed by atoms with Gasteiger partial charge in [-0.2, -0.15) is 5.10 Å². The fourth-order valence-corrected chi connectivity index (χ4v) is 3.01. The topological polar surface area (TPSA) is 45.1 Å². The van der Waals surface area contributed by atoms with Crippen LogP contribution in [0.15, 0.2) is 24.3 Å². The fraction of sp³-hybridized carbons (Fsp3) is 0.444. The summed E-state index contributed by atoms with van der Waals surface area (Å²) in [6.45, 7) is 6.59. The molecule has 1 aromatic heterocycles. The molecule has 0 unspecified atom stereocenters. The van der Waals surface area contributed by atoms with Gasteiger partial charge in [-0.25, -0.2) is 0 Å². The van der Waals surface area contributed by atoms with Crippen LogP contribution in [0.2, 0.25) is 5.02 Å². The van der Waals surface area contributed by atoms with Gasteiger partial charge in [-0.15, -0.1) is 0 Å². The molecule has 2 aromatic rings. The molecule has 0 aliphatic heterocycles. The molecule has 0 bridgehead atoms. The van der Waals surface area contributed by atoms with Crippen LogP contribution in [-0.2, 0) is 6.54 Å². The van der Waals surface area contributed by atoms with Crippen LogP contribution in [0.1, 0.15) is 23.4 Å². The van der Waals surface area contributed by atoms with Gasteiger partial charge in [0.15, 0.2) is 5.11 Å². The highest BCUT2D eigenvalue weighted by molar-refractivity contribution is 7.80. The van der Waals surface area contributed by atoms with Gasteiger partial charge in [0.2, 0.25) is 0 Å². The van der Waals surface area contributed by atoms with E-state index in [9.17, 15) is 0 Å². The lowest BCUT2D eigenvalue weighted by molar-refractivity contribution is 0.400. The molecule has 1 heterocycles. The molecule has 0 atom stereocenters. The van der Waals surface area contributed by atoms with Crippen molar-refractivity contribution in [3.63, 3.8) is 0 Å². The maximum absolute atomic E-state index is 6.07. The summed E-state index contributed by atoms with van der Waals surface area (Å²) in [6.07, 6.45) is 1.04. The quantitative estimate of drug-likeness (QED) is 0.570. The summed E-state index contributed by atoms with van der Waals surface area (Å²) < 4.78 is 1.97. The maximum atomic E-state index is 6.07. The monoisotopic (exact) mass is 379 g/mol. The summed E-state index contributed by atoms with van der Waals surface area (Å²) in [5, 5.41) is 12.5. The minimum absolute atomic E-state index is 0.632. The van der Waals surface area contributed by atoms with E-state index in [1.54, 1.807) is 0 Å². The van der Waals surface area contributed by atoms with Crippen LogP contribution < -0.4 is 10.6 Å². The van der Waals surface area contributed by atoms with Crippen molar-refractivity contribution in [1.29, 1.82) is 0 Å². The summed E-state index contributed by atoms with van der Waals surface area (Å²) in [5.74, 6) is 0. The Bertz CT molecular complexity index is 726. The first-order valence-corrected chi connectivity index (χ1v) is 9.13. The Kier molecular flexibility index (Phi) is 7.23. The Morgan fingerprint density at radius 2 is 2.08 bits per heavy atom. The highest BCUT2D eigenvalue weighted by Gasteiger charge is 2.13. The minimum atomic E-state index is 0.632. The first-order chi connectivity index (χ1) is 11.9. The SMILES string of the molecule is Cc1nn(Cc2cccc(Cl)c2)c(C)c1NC(=S)NCCCN(C)C. The zero-order valence-corrected chi connectivity index (χ0v) is 16.8. The number of hydrogen-bond donors (Lipinski definition) is 2. The number of hydrogen-bond acceptors (Lipinski definition) is 3. The van der Waals surface area contributed by atoms with E-state index in [0.29, 0.717) is 11.7 Å². The molecule has 0 aliphatic rings. The Labute approximate surface area is 160 Å². The van der Waals surface area contributed by atoms with Crippen molar-refractivity contribution in [1.82, 2.24) is 20.0 Å². The lowest BCUT2D eigenvalue weighted by atomic mass is 10.2. The number of thiocarbonyl (C=S) groups is 1. The third kappa shape index (κ3) is 5.99. The molecule has 0 aliphatic carbocycles. The van der Waals surface area contributed by atoms with Crippen molar-refractivity contribution < 1.29 is 0 Å². The van der Waals surface area contributed by atoms with E-state index in [1.807, 2.05) is 42.8 Å². The smallest absolute Gasteiger partial charge is 0.170 e. The van der Waals surface area contributed by atoms with Gasteiger partial charge >= 0.3 is 0 Å². The van der Waals surface area contributed by atoms with Crippen LogP contribution in [-0.4, -0.2) is 47.0 Å². The Balaban J connectivity index is 1.98. The summed E-state index contributed by atoms with van der Waals surface area (Å²) in [5.41, 5.74) is 4.06. The standard InChI is InChI=1S/C18H26ClN5S/c1-13-17(21-18(25)20-9-6-10-23(3)4)14(2)24(22-13)12-15-7-5-8-16(19)11-15/h5,7-8,11H,6,9-10,12H2,1-4H3,(H2,20,21,25). The molecule has 0 saturated heterocycles. The highest BCUT2D eigenvalue weighted by Crippen LogP contribution is 2.21. The van der Waals surface area contributed by atoms with Crippen LogP contribution in [0.3, 0.4) is 0 Å². The number of aromatic nitrogens is 2. The van der Waals surface area contributed by atoms with Gasteiger partial charge < -0.3 is 15.5 Å². The molecule has 5 nitrogen and oxygen atoms in total. The Hall–Kier alpha value is -1.63. The Morgan fingerprint density at radius 1 is 1.32 bits per heavy atom. The fourth-order valence-electron chi connectivity index (χ4n) is 2.59. The van der Waals surface area contributed by atoms with E-state index < -0.39 is 0 Å². The van der Waals surface area contributed by atoms with Gasteiger partial charge in [0.05, 0.1) is 23.6 Å². The van der Waals surface area contributed by atoms with Crippen molar-refractivity contribution in [3.05, 3.63) is 46.2 Å². The Morgan fingerprint density at radius 3 is 2.76 bits per heavy atom. The average Bonchev–Trinajstić information content (AvgIpc) is 2.79. The van der Waals surface area contributed by atoms with Crippen LogP contribution in [0.4, 0.5) is 5.69 Å². The second-order valence-corrected chi connectivity index (χ2v) is 7.22. The predicted molar refractivity (Wildman–Crippen MR) is 110 cm³/mol. The summed E-state index contributed by atoms with van der Waals surface area (Å²) in [4.78, 5) is 2.16. The molecule has 2 N–H and O–H groups in total. The van der Waals surface area contributed by atoms with E-state index >= 15 is 0 Å². The van der Waals surface area contributed by atoms with Gasteiger partial charge in [-0.3, -0.25) is 4.68 Å². The predicted octanol–water partition coefficient (Wildman–Crippen LogP) is 3.44. The molecule has 0 amide bonds. The third-order valence-corrected chi connectivity index (χ3v) is 4.39. The zero-order chi connectivity index (χ0) is 18.4. The van der Waals surface area contributed by atoms with Gasteiger partial charge in [0.25, 0.3) is 0 Å². The number of halogens is 1. The minimum Gasteiger partial charge on any atom is -0.362 e. The lowest BCUT2D eigenvalue weighted by Crippen LogP contribution is -2.31. The molecule has 25 heavy (non-hydrogen) atoms. The molecule has 136 valence electrons. The van der Waals surface area contributed by atoms with Crippen molar-refractivity contribution >= 4 is 34.6 Å². The van der Waals surface area contributed by atoms with E-state index in [0.717, 1.165) is 47.2 Å². The summed E-state index contributed by atoms with van der Waals surface area (Å²) in [7, 11) is 4.13. The first kappa shape index (κ1) is 19.7. The molecule has 7 heteroatoms. The lowest BCUT2D eigenvalue weighted by Gasteiger charge is -2.13. The number of aryl methyl sites for hydroxylation is 1. The molecule has 1 aromatic carbocycles. The van der Waals surface area contributed by atoms with Crippen LogP contribution in [0.5, 0.6) is 0 Å². The van der Waals surface area contributed by atoms with E-state index in [2.05, 4.69) is 34.7 Å². The van der Waals surface area contributed by atoms with E-state index in [-0.39, 0.29) is 0 Å². The van der Waals surface area contributed by atoms with Gasteiger partial charge in [-0.05, 0) is 70.8 Å². The van der Waals surface area contributed by atoms with E-state index in [1.165, 1.54) is 0 Å². The van der Waals surface area contributed by atoms with Crippen LogP contribution >= 0.6 is 23.8 Å². The average molecular weight is 380 g/mol. The third-order valence-electron chi connectivity index (χ3n) is 3.91. The maximum Gasteiger partial charge on any atom is 0.170 e. The number of anilines is 1. The van der Waals surface area contributed by atoms with Crippen molar-refractivity contribution in [2.45, 2.75) is 26.8 Å².